The molecule has 3 nitrogen and oxygen atoms in total. The largest absolute Gasteiger partial charge is 0.493 e. The molecule has 0 aliphatic heterocycles. The highest BCUT2D eigenvalue weighted by molar-refractivity contribution is 5.22. The molecule has 0 saturated heterocycles. The summed E-state index contributed by atoms with van der Waals surface area (Å²) in [5.41, 5.74) is 1.02. The summed E-state index contributed by atoms with van der Waals surface area (Å²) in [6.07, 6.45) is 4.23. The minimum absolute atomic E-state index is 0.617. The van der Waals surface area contributed by atoms with Gasteiger partial charge >= 0.3 is 0 Å². The van der Waals surface area contributed by atoms with Gasteiger partial charge < -0.3 is 10.1 Å². The van der Waals surface area contributed by atoms with E-state index in [-0.39, 0.29) is 0 Å². The first kappa shape index (κ1) is 13.0. The van der Waals surface area contributed by atoms with E-state index >= 15 is 0 Å². The molecule has 90 valence electrons. The Hall–Kier alpha value is -1.09. The molecule has 0 aliphatic carbocycles. The van der Waals surface area contributed by atoms with Crippen LogP contribution in [0.3, 0.4) is 0 Å². The molecular formula is C13H22N2O. The summed E-state index contributed by atoms with van der Waals surface area (Å²) in [6, 6.07) is 3.91. The maximum Gasteiger partial charge on any atom is 0.122 e. The van der Waals surface area contributed by atoms with Gasteiger partial charge in [-0.15, -0.1) is 0 Å². The molecule has 1 unspecified atom stereocenters. The second-order valence-electron chi connectivity index (χ2n) is 4.22. The molecule has 0 spiro atoms. The monoisotopic (exact) mass is 222 g/mol. The first-order chi connectivity index (χ1) is 7.76. The molecular weight excluding hydrogens is 200 g/mol. The van der Waals surface area contributed by atoms with Crippen LogP contribution >= 0.6 is 0 Å². The highest BCUT2D eigenvalue weighted by atomic mass is 16.5. The standard InChI is InChI=1S/C13H22N2O/c1-4-5-11(2)10-16-13-6-7-15-12(8-13)9-14-3/h6-8,11,14H,4-5,9-10H2,1-3H3. The van der Waals surface area contributed by atoms with Crippen molar-refractivity contribution < 1.29 is 4.74 Å². The van der Waals surface area contributed by atoms with Gasteiger partial charge in [0.05, 0.1) is 12.3 Å². The smallest absolute Gasteiger partial charge is 0.122 e. The Balaban J connectivity index is 2.44. The van der Waals surface area contributed by atoms with Gasteiger partial charge in [-0.1, -0.05) is 20.3 Å². The van der Waals surface area contributed by atoms with E-state index in [2.05, 4.69) is 24.1 Å². The fraction of sp³-hybridized carbons (Fsp3) is 0.615. The predicted molar refractivity (Wildman–Crippen MR) is 66.6 cm³/mol. The van der Waals surface area contributed by atoms with E-state index in [9.17, 15) is 0 Å². The summed E-state index contributed by atoms with van der Waals surface area (Å²) in [6.45, 7) is 5.99. The number of hydrogen-bond donors (Lipinski definition) is 1. The molecule has 16 heavy (non-hydrogen) atoms. The third kappa shape index (κ3) is 4.62. The molecule has 1 rings (SSSR count). The van der Waals surface area contributed by atoms with Gasteiger partial charge in [-0.3, -0.25) is 4.98 Å². The van der Waals surface area contributed by atoms with Crippen LogP contribution in [0.15, 0.2) is 18.3 Å². The quantitative estimate of drug-likeness (QED) is 0.770. The topological polar surface area (TPSA) is 34.1 Å². The molecule has 0 saturated carbocycles. The average Bonchev–Trinajstić information content (AvgIpc) is 2.28. The number of aromatic nitrogens is 1. The molecule has 0 amide bonds. The first-order valence-electron chi connectivity index (χ1n) is 5.98. The van der Waals surface area contributed by atoms with E-state index in [1.807, 2.05) is 19.2 Å². The third-order valence-electron chi connectivity index (χ3n) is 2.46. The maximum atomic E-state index is 5.74. The van der Waals surface area contributed by atoms with Crippen LogP contribution < -0.4 is 10.1 Å². The third-order valence-corrected chi connectivity index (χ3v) is 2.46. The van der Waals surface area contributed by atoms with Crippen molar-refractivity contribution in [3.05, 3.63) is 24.0 Å². The molecule has 0 aliphatic rings. The van der Waals surface area contributed by atoms with Gasteiger partial charge in [0.15, 0.2) is 0 Å². The van der Waals surface area contributed by atoms with Gasteiger partial charge in [0, 0.05) is 18.8 Å². The van der Waals surface area contributed by atoms with Crippen molar-refractivity contribution in [3.63, 3.8) is 0 Å². The van der Waals surface area contributed by atoms with Gasteiger partial charge in [-0.25, -0.2) is 0 Å². The number of pyridine rings is 1. The van der Waals surface area contributed by atoms with E-state index in [0.29, 0.717) is 5.92 Å². The Morgan fingerprint density at radius 3 is 3.00 bits per heavy atom. The highest BCUT2D eigenvalue weighted by Gasteiger charge is 2.02. The average molecular weight is 222 g/mol. The summed E-state index contributed by atoms with van der Waals surface area (Å²) >= 11 is 0. The van der Waals surface area contributed by atoms with Crippen LogP contribution in [-0.4, -0.2) is 18.6 Å². The van der Waals surface area contributed by atoms with Crippen LogP contribution in [-0.2, 0) is 6.54 Å². The number of hydrogen-bond acceptors (Lipinski definition) is 3. The zero-order valence-corrected chi connectivity index (χ0v) is 10.5. The van der Waals surface area contributed by atoms with E-state index < -0.39 is 0 Å². The minimum Gasteiger partial charge on any atom is -0.493 e. The van der Waals surface area contributed by atoms with Crippen LogP contribution in [0.1, 0.15) is 32.4 Å². The summed E-state index contributed by atoms with van der Waals surface area (Å²) in [5, 5.41) is 3.08. The molecule has 1 atom stereocenters. The summed E-state index contributed by atoms with van der Waals surface area (Å²) in [7, 11) is 1.92. The van der Waals surface area contributed by atoms with Crippen molar-refractivity contribution in [2.75, 3.05) is 13.7 Å². The molecule has 0 fully saturated rings. The maximum absolute atomic E-state index is 5.74. The van der Waals surface area contributed by atoms with Crippen LogP contribution in [0.25, 0.3) is 0 Å². The number of rotatable bonds is 7. The Kier molecular flexibility index (Phi) is 5.86. The SMILES string of the molecule is CCCC(C)COc1ccnc(CNC)c1. The lowest BCUT2D eigenvalue weighted by Crippen LogP contribution is -2.10. The van der Waals surface area contributed by atoms with Crippen molar-refractivity contribution in [1.29, 1.82) is 0 Å². The van der Waals surface area contributed by atoms with Crippen LogP contribution in [0.4, 0.5) is 0 Å². The van der Waals surface area contributed by atoms with Crippen molar-refractivity contribution in [2.45, 2.75) is 33.2 Å². The lowest BCUT2D eigenvalue weighted by atomic mass is 10.1. The summed E-state index contributed by atoms with van der Waals surface area (Å²) in [5.74, 6) is 1.54. The van der Waals surface area contributed by atoms with E-state index in [4.69, 9.17) is 4.74 Å². The fourth-order valence-corrected chi connectivity index (χ4v) is 1.64. The van der Waals surface area contributed by atoms with E-state index in [0.717, 1.165) is 24.6 Å². The lowest BCUT2D eigenvalue weighted by molar-refractivity contribution is 0.251. The van der Waals surface area contributed by atoms with Gasteiger partial charge in [0.1, 0.15) is 5.75 Å². The van der Waals surface area contributed by atoms with Crippen molar-refractivity contribution >= 4 is 0 Å². The van der Waals surface area contributed by atoms with Gasteiger partial charge in [-0.2, -0.15) is 0 Å². The van der Waals surface area contributed by atoms with Gasteiger partial charge in [0.25, 0.3) is 0 Å². The number of nitrogens with zero attached hydrogens (tertiary/aromatic N) is 1. The highest BCUT2D eigenvalue weighted by Crippen LogP contribution is 2.13. The van der Waals surface area contributed by atoms with Gasteiger partial charge in [-0.05, 0) is 25.5 Å². The predicted octanol–water partition coefficient (Wildman–Crippen LogP) is 2.62. The summed E-state index contributed by atoms with van der Waals surface area (Å²) in [4.78, 5) is 4.25. The Labute approximate surface area is 98.2 Å². The minimum atomic E-state index is 0.617. The normalized spacial score (nSPS) is 12.4. The zero-order valence-electron chi connectivity index (χ0n) is 10.5. The summed E-state index contributed by atoms with van der Waals surface area (Å²) < 4.78 is 5.74. The molecule has 1 N–H and O–H groups in total. The molecule has 1 heterocycles. The Morgan fingerprint density at radius 2 is 2.31 bits per heavy atom. The second-order valence-corrected chi connectivity index (χ2v) is 4.22. The van der Waals surface area contributed by atoms with Crippen LogP contribution in [0.2, 0.25) is 0 Å². The molecule has 0 bridgehead atoms. The van der Waals surface area contributed by atoms with Crippen LogP contribution in [0, 0.1) is 5.92 Å². The van der Waals surface area contributed by atoms with Crippen molar-refractivity contribution in [2.24, 2.45) is 5.92 Å². The molecule has 1 aromatic heterocycles. The van der Waals surface area contributed by atoms with Crippen molar-refractivity contribution in [1.82, 2.24) is 10.3 Å². The zero-order chi connectivity index (χ0) is 11.8. The molecule has 3 heteroatoms. The van der Waals surface area contributed by atoms with Gasteiger partial charge in [0.2, 0.25) is 0 Å². The number of nitrogens with one attached hydrogen (secondary N) is 1. The first-order valence-corrected chi connectivity index (χ1v) is 5.98. The number of ether oxygens (including phenoxy) is 1. The second kappa shape index (κ2) is 7.23. The lowest BCUT2D eigenvalue weighted by Gasteiger charge is -2.12. The van der Waals surface area contributed by atoms with Crippen molar-refractivity contribution in [3.8, 4) is 5.75 Å². The van der Waals surface area contributed by atoms with E-state index in [1.165, 1.54) is 12.8 Å². The molecule has 0 radical (unpaired) electrons. The van der Waals surface area contributed by atoms with E-state index in [1.54, 1.807) is 6.20 Å². The van der Waals surface area contributed by atoms with Crippen LogP contribution in [0.5, 0.6) is 5.75 Å². The Bertz CT molecular complexity index is 302. The fourth-order valence-electron chi connectivity index (χ4n) is 1.64. The Morgan fingerprint density at radius 1 is 1.50 bits per heavy atom. The molecule has 1 aromatic rings. The molecule has 0 aromatic carbocycles.